The van der Waals surface area contributed by atoms with Gasteiger partial charge in [0.2, 0.25) is 0 Å². The first-order chi connectivity index (χ1) is 15.0. The first kappa shape index (κ1) is 23.4. The quantitative estimate of drug-likeness (QED) is 0.703. The van der Waals surface area contributed by atoms with E-state index in [1.807, 2.05) is 0 Å². The molecule has 0 aliphatic carbocycles. The van der Waals surface area contributed by atoms with Crippen LogP contribution >= 0.6 is 0 Å². The molecule has 172 valence electrons. The third-order valence-electron chi connectivity index (χ3n) is 5.77. The average Bonchev–Trinajstić information content (AvgIpc) is 2.78. The molecule has 32 heavy (non-hydrogen) atoms. The molecule has 0 bridgehead atoms. The second-order valence-corrected chi connectivity index (χ2v) is 7.44. The van der Waals surface area contributed by atoms with Gasteiger partial charge >= 0.3 is 12.2 Å². The fourth-order valence-electron chi connectivity index (χ4n) is 4.08. The first-order valence-corrected chi connectivity index (χ1v) is 9.60. The maximum atomic E-state index is 14.3. The van der Waals surface area contributed by atoms with E-state index in [0.717, 1.165) is 11.9 Å². The molecule has 0 aromatic heterocycles. The molecular formula is C22H23F3N2O5. The summed E-state index contributed by atoms with van der Waals surface area (Å²) < 4.78 is 53.3. The van der Waals surface area contributed by atoms with Crippen molar-refractivity contribution in [1.82, 2.24) is 9.80 Å². The third-order valence-corrected chi connectivity index (χ3v) is 5.77. The summed E-state index contributed by atoms with van der Waals surface area (Å²) in [6.45, 7) is 0. The summed E-state index contributed by atoms with van der Waals surface area (Å²) in [5.41, 5.74) is -3.60. The van der Waals surface area contributed by atoms with Crippen molar-refractivity contribution in [2.24, 2.45) is 5.92 Å². The van der Waals surface area contributed by atoms with Gasteiger partial charge in [-0.05, 0) is 17.7 Å². The van der Waals surface area contributed by atoms with Crippen molar-refractivity contribution in [3.63, 3.8) is 0 Å². The van der Waals surface area contributed by atoms with Crippen LogP contribution in [0.5, 0.6) is 11.5 Å². The Morgan fingerprint density at radius 2 is 1.62 bits per heavy atom. The molecule has 2 aromatic rings. The molecule has 3 unspecified atom stereocenters. The second kappa shape index (κ2) is 8.34. The Hall–Kier alpha value is -3.27. The van der Waals surface area contributed by atoms with Crippen molar-refractivity contribution >= 4 is 11.8 Å². The molecule has 0 spiro atoms. The zero-order chi connectivity index (χ0) is 23.8. The Kier molecular flexibility index (Phi) is 6.10. The molecule has 7 nitrogen and oxygen atoms in total. The molecule has 1 aliphatic rings. The van der Waals surface area contributed by atoms with Crippen LogP contribution in [0, 0.1) is 5.92 Å². The van der Waals surface area contributed by atoms with E-state index in [0.29, 0.717) is 5.75 Å². The summed E-state index contributed by atoms with van der Waals surface area (Å²) >= 11 is 0. The fourth-order valence-corrected chi connectivity index (χ4v) is 4.08. The highest BCUT2D eigenvalue weighted by molar-refractivity contribution is 6.00. The third kappa shape index (κ3) is 3.54. The van der Waals surface area contributed by atoms with Gasteiger partial charge in [-0.2, -0.15) is 13.2 Å². The summed E-state index contributed by atoms with van der Waals surface area (Å²) in [6, 6.07) is 9.09. The number of methoxy groups -OCH3 is 2. The number of amides is 2. The zero-order valence-corrected chi connectivity index (χ0v) is 17.9. The minimum Gasteiger partial charge on any atom is -0.493 e. The molecule has 3 atom stereocenters. The smallest absolute Gasteiger partial charge is 0.437 e. The van der Waals surface area contributed by atoms with Crippen molar-refractivity contribution in [3.05, 3.63) is 59.7 Å². The molecule has 1 fully saturated rings. The van der Waals surface area contributed by atoms with E-state index in [1.54, 1.807) is 6.07 Å². The van der Waals surface area contributed by atoms with Gasteiger partial charge in [-0.3, -0.25) is 9.69 Å². The molecule has 0 saturated carbocycles. The van der Waals surface area contributed by atoms with Gasteiger partial charge in [0.25, 0.3) is 5.72 Å². The van der Waals surface area contributed by atoms with E-state index < -0.39 is 35.7 Å². The largest absolute Gasteiger partial charge is 0.493 e. The number of nitrogens with zero attached hydrogens (tertiary/aromatic N) is 2. The van der Waals surface area contributed by atoms with E-state index in [-0.39, 0.29) is 21.8 Å². The number of halogens is 3. The van der Waals surface area contributed by atoms with E-state index in [2.05, 4.69) is 0 Å². The number of carbonyl (C=O) groups is 2. The van der Waals surface area contributed by atoms with Crippen LogP contribution in [0.4, 0.5) is 18.0 Å². The molecular weight excluding hydrogens is 429 g/mol. The normalized spacial score (nSPS) is 23.8. The van der Waals surface area contributed by atoms with Gasteiger partial charge in [0.1, 0.15) is 5.92 Å². The van der Waals surface area contributed by atoms with Crippen LogP contribution in [0.25, 0.3) is 0 Å². The molecule has 10 heteroatoms. The minimum atomic E-state index is -5.32. The zero-order valence-electron chi connectivity index (χ0n) is 17.9. The lowest BCUT2D eigenvalue weighted by Crippen LogP contribution is -2.73. The number of Topliss-reactive ketones (excluding diaryl/α,β-unsaturated/α-hetero) is 1. The van der Waals surface area contributed by atoms with Crippen LogP contribution in [0.3, 0.4) is 0 Å². The van der Waals surface area contributed by atoms with Crippen molar-refractivity contribution in [2.45, 2.75) is 17.9 Å². The highest BCUT2D eigenvalue weighted by Crippen LogP contribution is 2.51. The maximum absolute atomic E-state index is 14.3. The van der Waals surface area contributed by atoms with Gasteiger partial charge in [0.15, 0.2) is 17.3 Å². The number of rotatable bonds is 5. The number of alkyl halides is 3. The van der Waals surface area contributed by atoms with Gasteiger partial charge in [0, 0.05) is 19.7 Å². The molecule has 1 heterocycles. The van der Waals surface area contributed by atoms with Gasteiger partial charge in [-0.1, -0.05) is 36.4 Å². The summed E-state index contributed by atoms with van der Waals surface area (Å²) in [7, 11) is 4.85. The van der Waals surface area contributed by atoms with Crippen LogP contribution in [0.2, 0.25) is 0 Å². The van der Waals surface area contributed by atoms with E-state index in [1.165, 1.54) is 63.7 Å². The number of carbonyl (C=O) groups excluding carboxylic acids is 2. The lowest BCUT2D eigenvalue weighted by atomic mass is 9.75. The Balaban J connectivity index is 2.28. The molecule has 1 N–H and O–H groups in total. The van der Waals surface area contributed by atoms with Crippen LogP contribution in [-0.4, -0.2) is 66.9 Å². The predicted octanol–water partition coefficient (Wildman–Crippen LogP) is 3.49. The molecule has 1 aliphatic heterocycles. The number of urea groups is 1. The Morgan fingerprint density at radius 3 is 2.16 bits per heavy atom. The number of ether oxygens (including phenoxy) is 2. The number of aliphatic hydroxyl groups is 1. The van der Waals surface area contributed by atoms with Gasteiger partial charge in [-0.15, -0.1) is 0 Å². The summed E-state index contributed by atoms with van der Waals surface area (Å²) in [5, 5.41) is 11.0. The van der Waals surface area contributed by atoms with Crippen LogP contribution in [-0.2, 0) is 0 Å². The Morgan fingerprint density at radius 1 is 1.03 bits per heavy atom. The van der Waals surface area contributed by atoms with Gasteiger partial charge < -0.3 is 19.5 Å². The Bertz CT molecular complexity index is 1010. The van der Waals surface area contributed by atoms with Crippen molar-refractivity contribution < 1.29 is 37.3 Å². The molecule has 3 rings (SSSR count). The molecule has 2 aromatic carbocycles. The lowest BCUT2D eigenvalue weighted by Gasteiger charge is -2.53. The number of ketones is 1. The number of hydrogen-bond acceptors (Lipinski definition) is 5. The summed E-state index contributed by atoms with van der Waals surface area (Å²) in [6.07, 6.45) is -5.32. The second-order valence-electron chi connectivity index (χ2n) is 7.44. The van der Waals surface area contributed by atoms with Crippen LogP contribution in [0.15, 0.2) is 48.5 Å². The number of benzene rings is 2. The maximum Gasteiger partial charge on any atom is 0.437 e. The lowest BCUT2D eigenvalue weighted by molar-refractivity contribution is -0.328. The number of hydrogen-bond donors (Lipinski definition) is 1. The highest BCUT2D eigenvalue weighted by atomic mass is 19.4. The van der Waals surface area contributed by atoms with Crippen molar-refractivity contribution in [3.8, 4) is 11.5 Å². The predicted molar refractivity (Wildman–Crippen MR) is 108 cm³/mol. The molecule has 0 radical (unpaired) electrons. The monoisotopic (exact) mass is 452 g/mol. The Labute approximate surface area is 182 Å². The highest BCUT2D eigenvalue weighted by Gasteiger charge is 2.70. The fraction of sp³-hybridized carbons (Fsp3) is 0.364. The average molecular weight is 452 g/mol. The van der Waals surface area contributed by atoms with Gasteiger partial charge in [0.05, 0.1) is 20.3 Å². The van der Waals surface area contributed by atoms with Crippen molar-refractivity contribution in [1.29, 1.82) is 0 Å². The summed E-state index contributed by atoms with van der Waals surface area (Å²) in [5.74, 6) is -2.53. The van der Waals surface area contributed by atoms with E-state index >= 15 is 0 Å². The van der Waals surface area contributed by atoms with E-state index in [4.69, 9.17) is 9.47 Å². The van der Waals surface area contributed by atoms with Crippen LogP contribution < -0.4 is 9.47 Å². The first-order valence-electron chi connectivity index (χ1n) is 9.60. The minimum absolute atomic E-state index is 0.0261. The summed E-state index contributed by atoms with van der Waals surface area (Å²) in [4.78, 5) is 27.4. The SMILES string of the molecule is COc1ccc(C2C(C(=O)c3ccccc3)C(O)(C(F)(F)F)N(C)C(=O)N2C)cc1OC. The van der Waals surface area contributed by atoms with E-state index in [9.17, 15) is 27.9 Å². The standard InChI is InChI=1S/C22H23F3N2O5/c1-26-18(14-10-11-15(31-3)16(12-14)32-4)17(19(28)13-8-6-5-7-9-13)21(30,22(23,24)25)27(2)20(26)29/h5-12,17-18,30H,1-4H3. The molecule has 1 saturated heterocycles. The van der Waals surface area contributed by atoms with Gasteiger partial charge in [-0.25, -0.2) is 4.79 Å². The van der Waals surface area contributed by atoms with Crippen LogP contribution in [0.1, 0.15) is 22.0 Å². The topological polar surface area (TPSA) is 79.3 Å². The molecule has 2 amide bonds. The van der Waals surface area contributed by atoms with Crippen molar-refractivity contribution in [2.75, 3.05) is 28.3 Å².